The molecule has 6 heteroatoms. The van der Waals surface area contributed by atoms with Crippen LogP contribution in [0.4, 0.5) is 8.78 Å². The average Bonchev–Trinajstić information content (AvgIpc) is 2.88. The van der Waals surface area contributed by atoms with Gasteiger partial charge in [0.05, 0.1) is 18.4 Å². The fourth-order valence-electron chi connectivity index (χ4n) is 1.72. The van der Waals surface area contributed by atoms with E-state index in [4.69, 9.17) is 4.74 Å². The predicted octanol–water partition coefficient (Wildman–Crippen LogP) is 2.70. The Bertz CT molecular complexity index is 414. The van der Waals surface area contributed by atoms with Crippen molar-refractivity contribution in [1.82, 2.24) is 5.32 Å². The van der Waals surface area contributed by atoms with Gasteiger partial charge in [-0.25, -0.2) is 8.78 Å². The normalized spacial score (nSPS) is 18.7. The van der Waals surface area contributed by atoms with Crippen LogP contribution in [-0.4, -0.2) is 37.9 Å². The molecule has 1 heterocycles. The molecule has 104 valence electrons. The molecule has 0 saturated heterocycles. The molecule has 0 bridgehead atoms. The van der Waals surface area contributed by atoms with E-state index in [-0.39, 0.29) is 6.61 Å². The molecule has 0 aliphatic carbocycles. The summed E-state index contributed by atoms with van der Waals surface area (Å²) in [4.78, 5) is 4.39. The third-order valence-electron chi connectivity index (χ3n) is 2.59. The quantitative estimate of drug-likeness (QED) is 0.816. The number of benzene rings is 1. The van der Waals surface area contributed by atoms with Crippen molar-refractivity contribution < 1.29 is 13.5 Å². The molecule has 1 unspecified atom stereocenters. The van der Waals surface area contributed by atoms with Gasteiger partial charge in [-0.1, -0.05) is 42.1 Å². The van der Waals surface area contributed by atoms with E-state index in [1.807, 2.05) is 18.2 Å². The Kier molecular flexibility index (Phi) is 5.60. The number of amidine groups is 1. The Balaban J connectivity index is 1.65. The monoisotopic (exact) mass is 286 g/mol. The lowest BCUT2D eigenvalue weighted by Crippen LogP contribution is -2.24. The number of nitrogens with one attached hydrogen (secondary N) is 1. The minimum Gasteiger partial charge on any atom is -0.374 e. The molecular formula is C13H16F2N2OS. The zero-order chi connectivity index (χ0) is 13.5. The van der Waals surface area contributed by atoms with E-state index in [1.54, 1.807) is 11.8 Å². The number of alkyl halides is 2. The number of rotatable bonds is 6. The Morgan fingerprint density at radius 2 is 2.16 bits per heavy atom. The molecular weight excluding hydrogens is 270 g/mol. The van der Waals surface area contributed by atoms with E-state index < -0.39 is 13.0 Å². The van der Waals surface area contributed by atoms with Crippen molar-refractivity contribution in [2.45, 2.75) is 11.7 Å². The zero-order valence-electron chi connectivity index (χ0n) is 10.4. The van der Waals surface area contributed by atoms with E-state index in [0.717, 1.165) is 11.7 Å². The van der Waals surface area contributed by atoms with Crippen molar-refractivity contribution in [3.05, 3.63) is 35.9 Å². The SMILES string of the molecule is FC(F)COCCNC1=NCC(c2ccccc2)S1. The molecule has 0 radical (unpaired) electrons. The maximum absolute atomic E-state index is 11.8. The van der Waals surface area contributed by atoms with Crippen molar-refractivity contribution >= 4 is 16.9 Å². The highest BCUT2D eigenvalue weighted by Gasteiger charge is 2.20. The number of halogens is 2. The highest BCUT2D eigenvalue weighted by molar-refractivity contribution is 8.14. The molecule has 1 aliphatic heterocycles. The van der Waals surface area contributed by atoms with Crippen LogP contribution in [0.1, 0.15) is 10.8 Å². The lowest BCUT2D eigenvalue weighted by atomic mass is 10.1. The van der Waals surface area contributed by atoms with Gasteiger partial charge in [-0.3, -0.25) is 4.99 Å². The highest BCUT2D eigenvalue weighted by Crippen LogP contribution is 2.33. The summed E-state index contributed by atoms with van der Waals surface area (Å²) in [6.45, 7) is 1.00. The summed E-state index contributed by atoms with van der Waals surface area (Å²) in [6, 6.07) is 10.2. The Labute approximate surface area is 115 Å². The minimum atomic E-state index is -2.40. The molecule has 2 rings (SSSR count). The zero-order valence-corrected chi connectivity index (χ0v) is 11.2. The fraction of sp³-hybridized carbons (Fsp3) is 0.462. The van der Waals surface area contributed by atoms with Gasteiger partial charge in [0.1, 0.15) is 6.61 Å². The molecule has 3 nitrogen and oxygen atoms in total. The van der Waals surface area contributed by atoms with Crippen LogP contribution < -0.4 is 5.32 Å². The second-order valence-electron chi connectivity index (χ2n) is 4.06. The summed E-state index contributed by atoms with van der Waals surface area (Å²) in [5.74, 6) is 0. The van der Waals surface area contributed by atoms with Gasteiger partial charge in [-0.15, -0.1) is 0 Å². The van der Waals surface area contributed by atoms with E-state index in [0.29, 0.717) is 11.8 Å². The van der Waals surface area contributed by atoms with Crippen LogP contribution in [0.3, 0.4) is 0 Å². The van der Waals surface area contributed by atoms with E-state index >= 15 is 0 Å². The summed E-state index contributed by atoms with van der Waals surface area (Å²) < 4.78 is 28.4. The summed E-state index contributed by atoms with van der Waals surface area (Å²) in [7, 11) is 0. The van der Waals surface area contributed by atoms with Crippen molar-refractivity contribution in [1.29, 1.82) is 0 Å². The first-order chi connectivity index (χ1) is 9.25. The van der Waals surface area contributed by atoms with Crippen molar-refractivity contribution in [2.75, 3.05) is 26.3 Å². The van der Waals surface area contributed by atoms with Gasteiger partial charge in [0.2, 0.25) is 0 Å². The van der Waals surface area contributed by atoms with Crippen LogP contribution in [-0.2, 0) is 4.74 Å². The first-order valence-corrected chi connectivity index (χ1v) is 6.99. The van der Waals surface area contributed by atoms with Crippen LogP contribution in [0, 0.1) is 0 Å². The molecule has 1 atom stereocenters. The van der Waals surface area contributed by atoms with E-state index in [1.165, 1.54) is 5.56 Å². The molecule has 0 amide bonds. The van der Waals surface area contributed by atoms with Gasteiger partial charge >= 0.3 is 0 Å². The number of nitrogens with zero attached hydrogens (tertiary/aromatic N) is 1. The van der Waals surface area contributed by atoms with Gasteiger partial charge < -0.3 is 10.1 Å². The standard InChI is InChI=1S/C13H16F2N2OS/c14-12(15)9-18-7-6-16-13-17-8-11(19-13)10-4-2-1-3-5-10/h1-5,11-12H,6-9H2,(H,16,17). The van der Waals surface area contributed by atoms with Gasteiger partial charge in [0.15, 0.2) is 5.17 Å². The molecule has 1 aliphatic rings. The number of ether oxygens (including phenoxy) is 1. The molecule has 1 aromatic rings. The van der Waals surface area contributed by atoms with E-state index in [9.17, 15) is 8.78 Å². The summed E-state index contributed by atoms with van der Waals surface area (Å²) in [5.41, 5.74) is 1.25. The topological polar surface area (TPSA) is 33.6 Å². The maximum atomic E-state index is 11.8. The molecule has 1 aromatic carbocycles. The Morgan fingerprint density at radius 3 is 2.89 bits per heavy atom. The minimum absolute atomic E-state index is 0.264. The third-order valence-corrected chi connectivity index (χ3v) is 3.79. The fourth-order valence-corrected chi connectivity index (χ4v) is 2.76. The number of thioether (sulfide) groups is 1. The Hall–Kier alpha value is -1.14. The maximum Gasteiger partial charge on any atom is 0.261 e. The molecule has 0 fully saturated rings. The Morgan fingerprint density at radius 1 is 1.37 bits per heavy atom. The summed E-state index contributed by atoms with van der Waals surface area (Å²) in [5, 5.41) is 4.29. The van der Waals surface area contributed by atoms with Gasteiger partial charge in [0, 0.05) is 6.54 Å². The summed E-state index contributed by atoms with van der Waals surface area (Å²) in [6.07, 6.45) is -2.40. The molecule has 19 heavy (non-hydrogen) atoms. The molecule has 0 aromatic heterocycles. The summed E-state index contributed by atoms with van der Waals surface area (Å²) >= 11 is 1.66. The first kappa shape index (κ1) is 14.3. The van der Waals surface area contributed by atoms with E-state index in [2.05, 4.69) is 22.4 Å². The number of hydrogen-bond donors (Lipinski definition) is 1. The highest BCUT2D eigenvalue weighted by atomic mass is 32.2. The van der Waals surface area contributed by atoms with Crippen LogP contribution >= 0.6 is 11.8 Å². The first-order valence-electron chi connectivity index (χ1n) is 6.11. The van der Waals surface area contributed by atoms with Crippen molar-refractivity contribution in [2.24, 2.45) is 4.99 Å². The molecule has 0 spiro atoms. The van der Waals surface area contributed by atoms with Gasteiger partial charge in [0.25, 0.3) is 6.43 Å². The lowest BCUT2D eigenvalue weighted by Gasteiger charge is -2.09. The number of aliphatic imine (C=N–C) groups is 1. The number of hydrogen-bond acceptors (Lipinski definition) is 4. The largest absolute Gasteiger partial charge is 0.374 e. The predicted molar refractivity (Wildman–Crippen MR) is 73.9 cm³/mol. The second-order valence-corrected chi connectivity index (χ2v) is 5.25. The van der Waals surface area contributed by atoms with Crippen LogP contribution in [0.25, 0.3) is 0 Å². The van der Waals surface area contributed by atoms with Crippen LogP contribution in [0.15, 0.2) is 35.3 Å². The lowest BCUT2D eigenvalue weighted by molar-refractivity contribution is 0.0197. The molecule has 0 saturated carbocycles. The average molecular weight is 286 g/mol. The third kappa shape index (κ3) is 4.80. The van der Waals surface area contributed by atoms with Gasteiger partial charge in [-0.05, 0) is 5.56 Å². The molecule has 1 N–H and O–H groups in total. The van der Waals surface area contributed by atoms with Gasteiger partial charge in [-0.2, -0.15) is 0 Å². The second kappa shape index (κ2) is 7.45. The van der Waals surface area contributed by atoms with Crippen LogP contribution in [0.2, 0.25) is 0 Å². The van der Waals surface area contributed by atoms with Crippen LogP contribution in [0.5, 0.6) is 0 Å². The van der Waals surface area contributed by atoms with Crippen molar-refractivity contribution in [3.8, 4) is 0 Å². The van der Waals surface area contributed by atoms with Crippen molar-refractivity contribution in [3.63, 3.8) is 0 Å². The smallest absolute Gasteiger partial charge is 0.261 e.